The maximum absolute atomic E-state index is 13.0. The van der Waals surface area contributed by atoms with E-state index in [4.69, 9.17) is 0 Å². The summed E-state index contributed by atoms with van der Waals surface area (Å²) in [6.45, 7) is 2.58. The van der Waals surface area contributed by atoms with Gasteiger partial charge in [-0.3, -0.25) is 14.4 Å². The third-order valence-electron chi connectivity index (χ3n) is 5.41. The summed E-state index contributed by atoms with van der Waals surface area (Å²) in [4.78, 5) is 45.1. The average molecular weight is 392 g/mol. The summed E-state index contributed by atoms with van der Waals surface area (Å²) < 4.78 is 0. The smallest absolute Gasteiger partial charge is 0.314 e. The SMILES string of the molecule is CN(Cc1ccccc1N1CCCCC1)C(=O)c1ccc2[nH]c(=O)c(=O)[nH]c2c1. The second-order valence-electron chi connectivity index (χ2n) is 7.51. The van der Waals surface area contributed by atoms with Crippen LogP contribution in [0, 0.1) is 0 Å². The number of hydrogen-bond acceptors (Lipinski definition) is 4. The molecule has 7 nitrogen and oxygen atoms in total. The van der Waals surface area contributed by atoms with Gasteiger partial charge in [-0.25, -0.2) is 0 Å². The van der Waals surface area contributed by atoms with Gasteiger partial charge in [-0.15, -0.1) is 0 Å². The number of para-hydroxylation sites is 1. The Hall–Kier alpha value is -3.35. The molecule has 1 amide bonds. The Labute approximate surface area is 168 Å². The lowest BCUT2D eigenvalue weighted by Crippen LogP contribution is -2.32. The van der Waals surface area contributed by atoms with E-state index in [1.54, 1.807) is 30.1 Å². The molecule has 1 aliphatic heterocycles. The predicted molar refractivity (Wildman–Crippen MR) is 113 cm³/mol. The van der Waals surface area contributed by atoms with Gasteiger partial charge in [0.2, 0.25) is 0 Å². The summed E-state index contributed by atoms with van der Waals surface area (Å²) in [5, 5.41) is 0. The van der Waals surface area contributed by atoms with Gasteiger partial charge in [0, 0.05) is 37.9 Å². The lowest BCUT2D eigenvalue weighted by atomic mass is 10.1. The lowest BCUT2D eigenvalue weighted by Gasteiger charge is -2.31. The van der Waals surface area contributed by atoms with Crippen LogP contribution in [-0.4, -0.2) is 40.9 Å². The summed E-state index contributed by atoms with van der Waals surface area (Å²) in [5.74, 6) is -0.146. The largest absolute Gasteiger partial charge is 0.371 e. The number of anilines is 1. The van der Waals surface area contributed by atoms with Crippen molar-refractivity contribution in [3.8, 4) is 0 Å². The third kappa shape index (κ3) is 3.94. The van der Waals surface area contributed by atoms with Crippen molar-refractivity contribution in [2.45, 2.75) is 25.8 Å². The molecule has 4 rings (SSSR count). The number of amides is 1. The normalized spacial score (nSPS) is 14.2. The average Bonchev–Trinajstić information content (AvgIpc) is 2.74. The number of rotatable bonds is 4. The van der Waals surface area contributed by atoms with Gasteiger partial charge in [-0.05, 0) is 49.1 Å². The molecule has 0 spiro atoms. The van der Waals surface area contributed by atoms with E-state index < -0.39 is 11.1 Å². The van der Waals surface area contributed by atoms with E-state index in [1.807, 2.05) is 12.1 Å². The molecule has 0 saturated carbocycles. The maximum atomic E-state index is 13.0. The first-order valence-electron chi connectivity index (χ1n) is 9.87. The summed E-state index contributed by atoms with van der Waals surface area (Å²) in [6.07, 6.45) is 3.66. The van der Waals surface area contributed by atoms with Crippen molar-refractivity contribution in [3.63, 3.8) is 0 Å². The van der Waals surface area contributed by atoms with Crippen LogP contribution in [-0.2, 0) is 6.54 Å². The number of piperidine rings is 1. The molecule has 0 atom stereocenters. The van der Waals surface area contributed by atoms with Gasteiger partial charge < -0.3 is 19.8 Å². The van der Waals surface area contributed by atoms with Crippen LogP contribution in [0.5, 0.6) is 0 Å². The standard InChI is InChI=1S/C22H24N4O3/c1-25(14-16-7-3-4-8-19(16)26-11-5-2-6-12-26)22(29)15-9-10-17-18(13-15)24-21(28)20(27)23-17/h3-4,7-10,13H,2,5-6,11-12,14H2,1H3,(H,23,27)(H,24,28). The molecule has 3 aromatic rings. The number of benzene rings is 2. The van der Waals surface area contributed by atoms with Crippen LogP contribution in [0.15, 0.2) is 52.1 Å². The van der Waals surface area contributed by atoms with E-state index in [1.165, 1.54) is 24.9 Å². The summed E-state index contributed by atoms with van der Waals surface area (Å²) >= 11 is 0. The number of hydrogen-bond donors (Lipinski definition) is 2. The van der Waals surface area contributed by atoms with E-state index >= 15 is 0 Å². The van der Waals surface area contributed by atoms with Crippen molar-refractivity contribution in [2.24, 2.45) is 0 Å². The number of nitrogens with one attached hydrogen (secondary N) is 2. The van der Waals surface area contributed by atoms with Crippen LogP contribution in [0.3, 0.4) is 0 Å². The number of nitrogens with zero attached hydrogens (tertiary/aromatic N) is 2. The molecule has 1 fully saturated rings. The molecule has 29 heavy (non-hydrogen) atoms. The second kappa shape index (κ2) is 7.95. The molecule has 1 aromatic heterocycles. The topological polar surface area (TPSA) is 89.3 Å². The van der Waals surface area contributed by atoms with Gasteiger partial charge in [-0.1, -0.05) is 18.2 Å². The quantitative estimate of drug-likeness (QED) is 0.668. The maximum Gasteiger partial charge on any atom is 0.314 e. The van der Waals surface area contributed by atoms with E-state index in [0.717, 1.165) is 18.7 Å². The van der Waals surface area contributed by atoms with Gasteiger partial charge in [0.05, 0.1) is 11.0 Å². The Morgan fingerprint density at radius 1 is 0.966 bits per heavy atom. The van der Waals surface area contributed by atoms with Gasteiger partial charge in [0.15, 0.2) is 0 Å². The highest BCUT2D eigenvalue weighted by Gasteiger charge is 2.18. The number of carbonyl (C=O) groups is 1. The Morgan fingerprint density at radius 3 is 2.41 bits per heavy atom. The minimum absolute atomic E-state index is 0.146. The van der Waals surface area contributed by atoms with Crippen molar-refractivity contribution < 1.29 is 4.79 Å². The number of fused-ring (bicyclic) bond motifs is 1. The van der Waals surface area contributed by atoms with Crippen molar-refractivity contribution in [2.75, 3.05) is 25.0 Å². The molecule has 0 radical (unpaired) electrons. The second-order valence-corrected chi connectivity index (χ2v) is 7.51. The number of aromatic amines is 2. The zero-order valence-electron chi connectivity index (χ0n) is 16.4. The van der Waals surface area contributed by atoms with E-state index in [2.05, 4.69) is 27.0 Å². The van der Waals surface area contributed by atoms with Crippen LogP contribution < -0.4 is 16.0 Å². The molecule has 1 saturated heterocycles. The first-order chi connectivity index (χ1) is 14.0. The minimum atomic E-state index is -0.731. The highest BCUT2D eigenvalue weighted by Crippen LogP contribution is 2.25. The number of carbonyl (C=O) groups excluding carboxylic acids is 1. The Kier molecular flexibility index (Phi) is 5.20. The predicted octanol–water partition coefficient (Wildman–Crippen LogP) is 2.48. The molecule has 2 aromatic carbocycles. The fraction of sp³-hybridized carbons (Fsp3) is 0.318. The van der Waals surface area contributed by atoms with Crippen molar-refractivity contribution >= 4 is 22.6 Å². The van der Waals surface area contributed by atoms with E-state index in [9.17, 15) is 14.4 Å². The van der Waals surface area contributed by atoms with Crippen LogP contribution in [0.25, 0.3) is 11.0 Å². The van der Waals surface area contributed by atoms with Gasteiger partial charge >= 0.3 is 11.1 Å². The van der Waals surface area contributed by atoms with Crippen LogP contribution in [0.4, 0.5) is 5.69 Å². The molecule has 0 unspecified atom stereocenters. The third-order valence-corrected chi connectivity index (χ3v) is 5.41. The molecular weight excluding hydrogens is 368 g/mol. The number of aromatic nitrogens is 2. The molecule has 2 heterocycles. The van der Waals surface area contributed by atoms with Crippen molar-refractivity contribution in [1.29, 1.82) is 0 Å². The molecule has 1 aliphatic rings. The van der Waals surface area contributed by atoms with Crippen LogP contribution in [0.2, 0.25) is 0 Å². The Bertz CT molecular complexity index is 1160. The monoisotopic (exact) mass is 392 g/mol. The fourth-order valence-corrected chi connectivity index (χ4v) is 3.88. The highest BCUT2D eigenvalue weighted by molar-refractivity contribution is 5.97. The highest BCUT2D eigenvalue weighted by atomic mass is 16.2. The van der Waals surface area contributed by atoms with Crippen molar-refractivity contribution in [3.05, 3.63) is 74.3 Å². The van der Waals surface area contributed by atoms with E-state index in [-0.39, 0.29) is 5.91 Å². The zero-order valence-corrected chi connectivity index (χ0v) is 16.4. The summed E-state index contributed by atoms with van der Waals surface area (Å²) in [7, 11) is 1.77. The molecule has 150 valence electrons. The van der Waals surface area contributed by atoms with Gasteiger partial charge in [-0.2, -0.15) is 0 Å². The Balaban J connectivity index is 1.57. The first-order valence-corrected chi connectivity index (χ1v) is 9.87. The lowest BCUT2D eigenvalue weighted by molar-refractivity contribution is 0.0785. The Morgan fingerprint density at radius 2 is 1.66 bits per heavy atom. The summed E-state index contributed by atoms with van der Waals surface area (Å²) in [5.41, 5.74) is 2.25. The van der Waals surface area contributed by atoms with Crippen molar-refractivity contribution in [1.82, 2.24) is 14.9 Å². The van der Waals surface area contributed by atoms with Crippen LogP contribution in [0.1, 0.15) is 35.2 Å². The summed E-state index contributed by atoms with van der Waals surface area (Å²) in [6, 6.07) is 13.1. The molecule has 7 heteroatoms. The fourth-order valence-electron chi connectivity index (χ4n) is 3.88. The zero-order chi connectivity index (χ0) is 20.4. The number of H-pyrrole nitrogens is 2. The minimum Gasteiger partial charge on any atom is -0.371 e. The van der Waals surface area contributed by atoms with E-state index in [0.29, 0.717) is 23.1 Å². The molecule has 0 bridgehead atoms. The molecular formula is C22H24N4O3. The van der Waals surface area contributed by atoms with Gasteiger partial charge in [0.1, 0.15) is 0 Å². The first kappa shape index (κ1) is 19.0. The molecule has 0 aliphatic carbocycles. The van der Waals surface area contributed by atoms with Gasteiger partial charge in [0.25, 0.3) is 5.91 Å². The molecule has 2 N–H and O–H groups in total. The van der Waals surface area contributed by atoms with Crippen LogP contribution >= 0.6 is 0 Å².